The molecule has 0 aromatic carbocycles. The first-order chi connectivity index (χ1) is 6.33. The zero-order chi connectivity index (χ0) is 10.4. The maximum absolute atomic E-state index is 9.51. The van der Waals surface area contributed by atoms with Crippen LogP contribution < -0.4 is 0 Å². The van der Waals surface area contributed by atoms with Crippen molar-refractivity contribution in [1.29, 1.82) is 0 Å². The molecule has 0 saturated carbocycles. The Morgan fingerprint density at radius 3 is 1.92 bits per heavy atom. The predicted molar refractivity (Wildman–Crippen MR) is 44.1 cm³/mol. The van der Waals surface area contributed by atoms with Crippen LogP contribution in [0.15, 0.2) is 0 Å². The maximum atomic E-state index is 9.51. The first-order valence-corrected chi connectivity index (χ1v) is 3.79. The van der Waals surface area contributed by atoms with Gasteiger partial charge in [0.1, 0.15) is 6.61 Å². The number of hydrogen-bond donors (Lipinski definition) is 3. The van der Waals surface area contributed by atoms with Gasteiger partial charge >= 0.3 is 0 Å². The van der Waals surface area contributed by atoms with Gasteiger partial charge in [0.2, 0.25) is 0 Å². The van der Waals surface area contributed by atoms with Crippen LogP contribution in [-0.2, 0) is 14.3 Å². The standard InChI is InChI=1S/C5H10O4.C2H6O2/c6-1-2-8-3-4-9-5-7;3-1-2-4/h5-6H,1-4H2;3-4H,1-2H2. The monoisotopic (exact) mass is 196 g/mol. The molecular weight excluding hydrogens is 180 g/mol. The van der Waals surface area contributed by atoms with Crippen molar-refractivity contribution >= 4 is 6.47 Å². The third kappa shape index (κ3) is 24.6. The second-order valence-electron chi connectivity index (χ2n) is 1.75. The lowest BCUT2D eigenvalue weighted by molar-refractivity contribution is -0.130. The quantitative estimate of drug-likeness (QED) is 0.326. The molecule has 6 nitrogen and oxygen atoms in total. The molecule has 0 aliphatic heterocycles. The molecule has 0 fully saturated rings. The van der Waals surface area contributed by atoms with Crippen LogP contribution in [0.1, 0.15) is 0 Å². The summed E-state index contributed by atoms with van der Waals surface area (Å²) in [6.45, 7) is 1.01. The lowest BCUT2D eigenvalue weighted by Gasteiger charge is -1.98. The summed E-state index contributed by atoms with van der Waals surface area (Å²) in [5, 5.41) is 23.4. The average Bonchev–Trinajstić information content (AvgIpc) is 2.18. The van der Waals surface area contributed by atoms with Crippen LogP contribution in [-0.4, -0.2) is 61.4 Å². The number of ether oxygens (including phenoxy) is 2. The zero-order valence-corrected chi connectivity index (χ0v) is 7.39. The van der Waals surface area contributed by atoms with Gasteiger partial charge in [0.05, 0.1) is 33.0 Å². The summed E-state index contributed by atoms with van der Waals surface area (Å²) >= 11 is 0. The largest absolute Gasteiger partial charge is 0.465 e. The summed E-state index contributed by atoms with van der Waals surface area (Å²) < 4.78 is 9.04. The topological polar surface area (TPSA) is 96.2 Å². The van der Waals surface area contributed by atoms with Crippen LogP contribution in [0.3, 0.4) is 0 Å². The molecule has 0 heterocycles. The molecule has 0 saturated heterocycles. The van der Waals surface area contributed by atoms with E-state index in [1.54, 1.807) is 0 Å². The fourth-order valence-electron chi connectivity index (χ4n) is 0.322. The molecule has 13 heavy (non-hydrogen) atoms. The van der Waals surface area contributed by atoms with E-state index in [1.165, 1.54) is 0 Å². The molecule has 0 amide bonds. The molecule has 80 valence electrons. The molecule has 0 spiro atoms. The van der Waals surface area contributed by atoms with E-state index in [0.717, 1.165) is 0 Å². The van der Waals surface area contributed by atoms with Crippen molar-refractivity contribution in [2.75, 3.05) is 39.6 Å². The highest BCUT2D eigenvalue weighted by Gasteiger charge is 1.84. The molecule has 0 aromatic rings. The molecule has 0 aliphatic carbocycles. The fourth-order valence-corrected chi connectivity index (χ4v) is 0.322. The predicted octanol–water partition coefficient (Wildman–Crippen LogP) is -1.86. The molecule has 0 aliphatic rings. The van der Waals surface area contributed by atoms with Crippen LogP contribution >= 0.6 is 0 Å². The summed E-state index contributed by atoms with van der Waals surface area (Å²) in [5.41, 5.74) is 0. The van der Waals surface area contributed by atoms with Crippen LogP contribution in [0, 0.1) is 0 Å². The summed E-state index contributed by atoms with van der Waals surface area (Å²) in [7, 11) is 0. The number of hydrogen-bond acceptors (Lipinski definition) is 6. The van der Waals surface area contributed by atoms with Crippen LogP contribution in [0.4, 0.5) is 0 Å². The molecule has 0 aromatic heterocycles. The average molecular weight is 196 g/mol. The van der Waals surface area contributed by atoms with Gasteiger partial charge in [0.25, 0.3) is 6.47 Å². The van der Waals surface area contributed by atoms with Crippen molar-refractivity contribution < 1.29 is 29.6 Å². The Morgan fingerprint density at radius 2 is 1.54 bits per heavy atom. The molecule has 6 heteroatoms. The van der Waals surface area contributed by atoms with E-state index in [2.05, 4.69) is 4.74 Å². The Bertz CT molecular complexity index is 85.1. The molecule has 0 rings (SSSR count). The van der Waals surface area contributed by atoms with E-state index in [1.807, 2.05) is 0 Å². The van der Waals surface area contributed by atoms with E-state index in [9.17, 15) is 4.79 Å². The van der Waals surface area contributed by atoms with E-state index >= 15 is 0 Å². The zero-order valence-electron chi connectivity index (χ0n) is 7.39. The smallest absolute Gasteiger partial charge is 0.293 e. The fraction of sp³-hybridized carbons (Fsp3) is 0.857. The molecule has 0 radical (unpaired) electrons. The van der Waals surface area contributed by atoms with Crippen LogP contribution in [0.25, 0.3) is 0 Å². The lowest BCUT2D eigenvalue weighted by Crippen LogP contribution is -2.06. The minimum atomic E-state index is -0.125. The summed E-state index contributed by atoms with van der Waals surface area (Å²) in [6.07, 6.45) is 0. The first-order valence-electron chi connectivity index (χ1n) is 3.79. The van der Waals surface area contributed by atoms with E-state index in [-0.39, 0.29) is 26.4 Å². The Kier molecular flexibility index (Phi) is 19.8. The van der Waals surface area contributed by atoms with Gasteiger partial charge in [-0.05, 0) is 0 Å². The second-order valence-corrected chi connectivity index (χ2v) is 1.75. The van der Waals surface area contributed by atoms with Gasteiger partial charge in [-0.25, -0.2) is 0 Å². The highest BCUT2D eigenvalue weighted by molar-refractivity contribution is 5.36. The normalized spacial score (nSPS) is 8.54. The number of rotatable bonds is 7. The van der Waals surface area contributed by atoms with Crippen molar-refractivity contribution in [3.63, 3.8) is 0 Å². The van der Waals surface area contributed by atoms with Gasteiger partial charge in [-0.1, -0.05) is 0 Å². The lowest BCUT2D eigenvalue weighted by atomic mass is 10.7. The SMILES string of the molecule is O=COCCOCCO.OCCO. The van der Waals surface area contributed by atoms with Gasteiger partial charge in [0.15, 0.2) is 0 Å². The second kappa shape index (κ2) is 17.4. The van der Waals surface area contributed by atoms with Gasteiger partial charge in [-0.2, -0.15) is 0 Å². The van der Waals surface area contributed by atoms with Crippen molar-refractivity contribution in [1.82, 2.24) is 0 Å². The Balaban J connectivity index is 0. The number of carbonyl (C=O) groups excluding carboxylic acids is 1. The molecular formula is C7H16O6. The Morgan fingerprint density at radius 1 is 0.923 bits per heavy atom. The maximum Gasteiger partial charge on any atom is 0.293 e. The van der Waals surface area contributed by atoms with Crippen molar-refractivity contribution in [3.05, 3.63) is 0 Å². The number of aliphatic hydroxyl groups is 3. The third-order valence-corrected chi connectivity index (χ3v) is 0.749. The van der Waals surface area contributed by atoms with Crippen LogP contribution in [0.5, 0.6) is 0 Å². The Labute approximate surface area is 76.7 Å². The van der Waals surface area contributed by atoms with E-state index in [0.29, 0.717) is 19.7 Å². The first kappa shape index (κ1) is 14.8. The molecule has 3 N–H and O–H groups in total. The van der Waals surface area contributed by atoms with E-state index < -0.39 is 0 Å². The Hall–Kier alpha value is -0.690. The molecule has 0 atom stereocenters. The van der Waals surface area contributed by atoms with Gasteiger partial charge in [-0.3, -0.25) is 4.79 Å². The summed E-state index contributed by atoms with van der Waals surface area (Å²) in [5.74, 6) is 0. The third-order valence-electron chi connectivity index (χ3n) is 0.749. The van der Waals surface area contributed by atoms with Crippen LogP contribution in [0.2, 0.25) is 0 Å². The minimum absolute atomic E-state index is 0.00108. The van der Waals surface area contributed by atoms with E-state index in [4.69, 9.17) is 20.1 Å². The van der Waals surface area contributed by atoms with Crippen molar-refractivity contribution in [2.45, 2.75) is 0 Å². The van der Waals surface area contributed by atoms with Gasteiger partial charge in [0, 0.05) is 0 Å². The van der Waals surface area contributed by atoms with Crippen molar-refractivity contribution in [3.8, 4) is 0 Å². The molecule has 0 unspecified atom stereocenters. The van der Waals surface area contributed by atoms with Gasteiger partial charge in [-0.15, -0.1) is 0 Å². The summed E-state index contributed by atoms with van der Waals surface area (Å²) in [4.78, 5) is 9.51. The summed E-state index contributed by atoms with van der Waals surface area (Å²) in [6, 6.07) is 0. The number of aliphatic hydroxyl groups excluding tert-OH is 3. The molecule has 0 bridgehead atoms. The minimum Gasteiger partial charge on any atom is -0.465 e. The van der Waals surface area contributed by atoms with Crippen molar-refractivity contribution in [2.24, 2.45) is 0 Å². The number of carbonyl (C=O) groups is 1. The highest BCUT2D eigenvalue weighted by atomic mass is 16.5. The highest BCUT2D eigenvalue weighted by Crippen LogP contribution is 1.73. The van der Waals surface area contributed by atoms with Gasteiger partial charge < -0.3 is 24.8 Å².